The molecule has 4 heteroatoms. The highest BCUT2D eigenvalue weighted by molar-refractivity contribution is 5.87. The molecule has 0 aliphatic carbocycles. The van der Waals surface area contributed by atoms with Crippen LogP contribution in [0.15, 0.2) is 24.3 Å². The van der Waals surface area contributed by atoms with Crippen LogP contribution in [0.2, 0.25) is 0 Å². The Bertz CT molecular complexity index is 290. The smallest absolute Gasteiger partial charge is 0.335 e. The number of hydrogen-bond acceptors (Lipinski definition) is 4. The average molecular weight is 240 g/mol. The first-order valence-electron chi connectivity index (χ1n) is 5.78. The Labute approximate surface area is 102 Å². The van der Waals surface area contributed by atoms with Crippen LogP contribution in [0.25, 0.3) is 0 Å². The Balaban J connectivity index is 2.13. The van der Waals surface area contributed by atoms with Gasteiger partial charge in [-0.15, -0.1) is 0 Å². The minimum Gasteiger partial charge on any atom is -0.460 e. The molecular formula is C13H20O4. The second-order valence-corrected chi connectivity index (χ2v) is 4.29. The van der Waals surface area contributed by atoms with Gasteiger partial charge in [-0.1, -0.05) is 18.7 Å². The normalized spacial score (nSPS) is 19.0. The molecule has 1 aliphatic heterocycles. The Morgan fingerprint density at radius 3 is 2.76 bits per heavy atom. The first-order valence-corrected chi connectivity index (χ1v) is 5.78. The molecule has 0 aromatic heterocycles. The van der Waals surface area contributed by atoms with Crippen LogP contribution in [-0.4, -0.2) is 38.5 Å². The number of carbonyl (C=O) groups excluding carboxylic acids is 1. The largest absolute Gasteiger partial charge is 0.460 e. The van der Waals surface area contributed by atoms with Crippen molar-refractivity contribution in [2.75, 3.05) is 26.4 Å². The first kappa shape index (κ1) is 13.9. The van der Waals surface area contributed by atoms with Crippen molar-refractivity contribution in [2.45, 2.75) is 25.9 Å². The third-order valence-corrected chi connectivity index (χ3v) is 2.34. The Hall–Kier alpha value is -1.13. The summed E-state index contributed by atoms with van der Waals surface area (Å²) in [7, 11) is 0. The highest BCUT2D eigenvalue weighted by Crippen LogP contribution is 2.12. The summed E-state index contributed by atoms with van der Waals surface area (Å²) in [6.07, 6.45) is 2.03. The number of hydrogen-bond donors (Lipinski definition) is 0. The van der Waals surface area contributed by atoms with E-state index in [-0.39, 0.29) is 12.7 Å². The lowest BCUT2D eigenvalue weighted by Crippen LogP contribution is -2.20. The van der Waals surface area contributed by atoms with E-state index < -0.39 is 5.97 Å². The zero-order chi connectivity index (χ0) is 12.7. The maximum atomic E-state index is 11.5. The van der Waals surface area contributed by atoms with E-state index in [0.29, 0.717) is 18.8 Å². The molecule has 1 saturated heterocycles. The van der Waals surface area contributed by atoms with Gasteiger partial charge in [0.15, 0.2) is 0 Å². The lowest BCUT2D eigenvalue weighted by atomic mass is 10.2. The molecule has 1 unspecified atom stereocenters. The van der Waals surface area contributed by atoms with Gasteiger partial charge in [0.05, 0.1) is 24.9 Å². The average Bonchev–Trinajstić information content (AvgIpc) is 2.78. The summed E-state index contributed by atoms with van der Waals surface area (Å²) in [6, 6.07) is 0. The summed E-state index contributed by atoms with van der Waals surface area (Å²) in [5.41, 5.74) is 1.23. The van der Waals surface area contributed by atoms with Gasteiger partial charge in [-0.2, -0.15) is 0 Å². The van der Waals surface area contributed by atoms with Crippen LogP contribution < -0.4 is 0 Å². The lowest BCUT2D eigenvalue weighted by Gasteiger charge is -2.11. The minimum absolute atomic E-state index is 0.0445. The minimum atomic E-state index is -0.415. The Kier molecular flexibility index (Phi) is 5.94. The van der Waals surface area contributed by atoms with Crippen LogP contribution >= 0.6 is 0 Å². The van der Waals surface area contributed by atoms with E-state index in [0.717, 1.165) is 25.0 Å². The molecule has 0 spiro atoms. The zero-order valence-corrected chi connectivity index (χ0v) is 10.4. The second kappa shape index (κ2) is 7.25. The van der Waals surface area contributed by atoms with Crippen LogP contribution in [0.5, 0.6) is 0 Å². The number of carbonyl (C=O) groups is 1. The third-order valence-electron chi connectivity index (χ3n) is 2.34. The molecule has 0 aromatic rings. The SMILES string of the molecule is C=C(C)COCC(=C)C(=O)OCC1CCCO1. The highest BCUT2D eigenvalue weighted by atomic mass is 16.6. The molecule has 0 amide bonds. The van der Waals surface area contributed by atoms with Gasteiger partial charge in [-0.3, -0.25) is 0 Å². The monoisotopic (exact) mass is 240 g/mol. The number of rotatable bonds is 7. The molecular weight excluding hydrogens is 220 g/mol. The summed E-state index contributed by atoms with van der Waals surface area (Å²) in [4.78, 5) is 11.5. The quantitative estimate of drug-likeness (QED) is 0.387. The maximum absolute atomic E-state index is 11.5. The summed E-state index contributed by atoms with van der Waals surface area (Å²) < 4.78 is 15.6. The molecule has 17 heavy (non-hydrogen) atoms. The van der Waals surface area contributed by atoms with Crippen molar-refractivity contribution in [2.24, 2.45) is 0 Å². The van der Waals surface area contributed by atoms with Gasteiger partial charge in [0.25, 0.3) is 0 Å². The molecule has 0 N–H and O–H groups in total. The number of ether oxygens (including phenoxy) is 3. The van der Waals surface area contributed by atoms with Crippen molar-refractivity contribution in [3.05, 3.63) is 24.3 Å². The van der Waals surface area contributed by atoms with E-state index in [4.69, 9.17) is 14.2 Å². The molecule has 0 aromatic carbocycles. The summed E-state index contributed by atoms with van der Waals surface area (Å²) in [5.74, 6) is -0.415. The topological polar surface area (TPSA) is 44.8 Å². The summed E-state index contributed by atoms with van der Waals surface area (Å²) >= 11 is 0. The molecule has 4 nitrogen and oxygen atoms in total. The van der Waals surface area contributed by atoms with E-state index in [9.17, 15) is 4.79 Å². The lowest BCUT2D eigenvalue weighted by molar-refractivity contribution is -0.142. The second-order valence-electron chi connectivity index (χ2n) is 4.29. The van der Waals surface area contributed by atoms with Gasteiger partial charge in [0, 0.05) is 6.61 Å². The fourth-order valence-electron chi connectivity index (χ4n) is 1.45. The predicted molar refractivity (Wildman–Crippen MR) is 64.7 cm³/mol. The van der Waals surface area contributed by atoms with E-state index in [2.05, 4.69) is 13.2 Å². The van der Waals surface area contributed by atoms with Gasteiger partial charge in [0.2, 0.25) is 0 Å². The molecule has 0 radical (unpaired) electrons. The molecule has 0 bridgehead atoms. The van der Waals surface area contributed by atoms with Crippen LogP contribution in [-0.2, 0) is 19.0 Å². The predicted octanol–water partition coefficient (Wildman–Crippen LogP) is 1.86. The van der Waals surface area contributed by atoms with E-state index in [1.807, 2.05) is 6.92 Å². The fourth-order valence-corrected chi connectivity index (χ4v) is 1.45. The standard InChI is InChI=1S/C13H20O4/c1-10(2)7-15-8-11(3)13(14)17-9-12-5-4-6-16-12/h12H,1,3-9H2,2H3. The Morgan fingerprint density at radius 1 is 1.41 bits per heavy atom. The first-order chi connectivity index (χ1) is 8.09. The van der Waals surface area contributed by atoms with Gasteiger partial charge in [-0.05, 0) is 19.8 Å². The maximum Gasteiger partial charge on any atom is 0.335 e. The Morgan fingerprint density at radius 2 is 2.18 bits per heavy atom. The van der Waals surface area contributed by atoms with Crippen LogP contribution in [0.4, 0.5) is 0 Å². The van der Waals surface area contributed by atoms with Gasteiger partial charge in [0.1, 0.15) is 6.61 Å². The fraction of sp³-hybridized carbons (Fsp3) is 0.615. The van der Waals surface area contributed by atoms with Crippen molar-refractivity contribution in [1.29, 1.82) is 0 Å². The van der Waals surface area contributed by atoms with Crippen LogP contribution in [0.1, 0.15) is 19.8 Å². The van der Waals surface area contributed by atoms with Gasteiger partial charge < -0.3 is 14.2 Å². The van der Waals surface area contributed by atoms with E-state index >= 15 is 0 Å². The van der Waals surface area contributed by atoms with Crippen molar-refractivity contribution >= 4 is 5.97 Å². The highest BCUT2D eigenvalue weighted by Gasteiger charge is 2.18. The van der Waals surface area contributed by atoms with Crippen molar-refractivity contribution in [1.82, 2.24) is 0 Å². The van der Waals surface area contributed by atoms with Gasteiger partial charge in [-0.25, -0.2) is 4.79 Å². The van der Waals surface area contributed by atoms with E-state index in [1.165, 1.54) is 0 Å². The molecule has 1 atom stereocenters. The van der Waals surface area contributed by atoms with Crippen molar-refractivity contribution in [3.63, 3.8) is 0 Å². The van der Waals surface area contributed by atoms with Gasteiger partial charge >= 0.3 is 5.97 Å². The van der Waals surface area contributed by atoms with Crippen molar-refractivity contribution < 1.29 is 19.0 Å². The molecule has 0 saturated carbocycles. The number of esters is 1. The van der Waals surface area contributed by atoms with Crippen molar-refractivity contribution in [3.8, 4) is 0 Å². The molecule has 1 heterocycles. The molecule has 1 aliphatic rings. The third kappa shape index (κ3) is 5.65. The van der Waals surface area contributed by atoms with E-state index in [1.54, 1.807) is 0 Å². The van der Waals surface area contributed by atoms with Crippen LogP contribution in [0, 0.1) is 0 Å². The zero-order valence-electron chi connectivity index (χ0n) is 10.4. The summed E-state index contributed by atoms with van der Waals surface area (Å²) in [5, 5.41) is 0. The molecule has 96 valence electrons. The van der Waals surface area contributed by atoms with Crippen LogP contribution in [0.3, 0.4) is 0 Å². The molecule has 1 fully saturated rings. The molecule has 1 rings (SSSR count). The summed E-state index contributed by atoms with van der Waals surface area (Å²) in [6.45, 7) is 10.8.